The van der Waals surface area contributed by atoms with Gasteiger partial charge in [-0.15, -0.1) is 12.6 Å². The molecule has 0 aromatic heterocycles. The fraction of sp³-hybridized carbons (Fsp3) is 1.00. The van der Waals surface area contributed by atoms with Gasteiger partial charge in [0.2, 0.25) is 0 Å². The topological polar surface area (TPSA) is 12.5 Å². The van der Waals surface area contributed by atoms with Crippen LogP contribution in [-0.4, -0.2) is 23.1 Å². The van der Waals surface area contributed by atoms with Gasteiger partial charge in [0, 0.05) is 19.5 Å². The van der Waals surface area contributed by atoms with E-state index in [1.54, 1.807) is 0 Å². The Bertz CT molecular complexity index is 104. The molecule has 0 aromatic carbocycles. The second kappa shape index (κ2) is 2.15. The molecule has 1 heterocycles. The second-order valence-electron chi connectivity index (χ2n) is 2.87. The average Bonchev–Trinajstić information content (AvgIpc) is 1.79. The third kappa shape index (κ3) is 1.60. The lowest BCUT2D eigenvalue weighted by molar-refractivity contribution is -0.147. The summed E-state index contributed by atoms with van der Waals surface area (Å²) in [6.45, 7) is 4.11. The van der Waals surface area contributed by atoms with Gasteiger partial charge >= 0.3 is 0 Å². The van der Waals surface area contributed by atoms with E-state index in [9.17, 15) is 0 Å². The third-order valence-electron chi connectivity index (χ3n) is 1.64. The molecule has 3 heteroatoms. The van der Waals surface area contributed by atoms with Crippen molar-refractivity contribution in [2.24, 2.45) is 0 Å². The predicted octanol–water partition coefficient (Wildman–Crippen LogP) is 1.29. The summed E-state index contributed by atoms with van der Waals surface area (Å²) in [7, 11) is 1.94. The third-order valence-corrected chi connectivity index (χ3v) is 1.90. The lowest BCUT2D eigenvalue weighted by Gasteiger charge is -2.15. The Morgan fingerprint density at radius 2 is 2.33 bits per heavy atom. The van der Waals surface area contributed by atoms with Crippen molar-refractivity contribution in [1.82, 2.24) is 5.06 Å². The largest absolute Gasteiger partial charge is 0.282 e. The van der Waals surface area contributed by atoms with Crippen molar-refractivity contribution in [2.75, 3.05) is 7.05 Å². The smallest absolute Gasteiger partial charge is 0.131 e. The van der Waals surface area contributed by atoms with Crippen LogP contribution in [0.15, 0.2) is 0 Å². The molecule has 54 valence electrons. The Balaban J connectivity index is 2.54. The van der Waals surface area contributed by atoms with Crippen LogP contribution < -0.4 is 0 Å². The molecule has 1 aliphatic heterocycles. The van der Waals surface area contributed by atoms with Gasteiger partial charge in [0.1, 0.15) is 4.93 Å². The maximum atomic E-state index is 5.36. The van der Waals surface area contributed by atoms with Crippen LogP contribution in [-0.2, 0) is 4.84 Å². The molecule has 0 saturated carbocycles. The Morgan fingerprint density at radius 1 is 1.78 bits per heavy atom. The Kier molecular flexibility index (Phi) is 1.76. The molecule has 2 atom stereocenters. The standard InChI is InChI=1S/C6H13NOS/c1-5-4-6(2,9)8-7(5)3/h5,9H,4H2,1-3H3. The quantitative estimate of drug-likeness (QED) is 0.518. The van der Waals surface area contributed by atoms with Crippen molar-refractivity contribution in [3.05, 3.63) is 0 Å². The first-order valence-corrected chi connectivity index (χ1v) is 3.60. The lowest BCUT2D eigenvalue weighted by atomic mass is 10.2. The number of thiol groups is 1. The fourth-order valence-corrected chi connectivity index (χ4v) is 1.51. The summed E-state index contributed by atoms with van der Waals surface area (Å²) in [5.41, 5.74) is 0. The lowest BCUT2D eigenvalue weighted by Crippen LogP contribution is -2.21. The highest BCUT2D eigenvalue weighted by Gasteiger charge is 2.34. The van der Waals surface area contributed by atoms with Crippen LogP contribution in [0, 0.1) is 0 Å². The minimum absolute atomic E-state index is 0.242. The van der Waals surface area contributed by atoms with Crippen molar-refractivity contribution < 1.29 is 4.84 Å². The zero-order valence-electron chi connectivity index (χ0n) is 6.09. The van der Waals surface area contributed by atoms with E-state index in [4.69, 9.17) is 4.84 Å². The van der Waals surface area contributed by atoms with Gasteiger partial charge in [-0.1, -0.05) is 0 Å². The molecule has 0 bridgehead atoms. The van der Waals surface area contributed by atoms with Crippen LogP contribution in [0.5, 0.6) is 0 Å². The van der Waals surface area contributed by atoms with Crippen LogP contribution in [0.3, 0.4) is 0 Å². The molecule has 1 fully saturated rings. The zero-order valence-corrected chi connectivity index (χ0v) is 6.98. The molecular weight excluding hydrogens is 134 g/mol. The van der Waals surface area contributed by atoms with Gasteiger partial charge in [-0.3, -0.25) is 4.84 Å². The van der Waals surface area contributed by atoms with Crippen molar-refractivity contribution in [2.45, 2.75) is 31.2 Å². The first-order valence-electron chi connectivity index (χ1n) is 3.15. The summed E-state index contributed by atoms with van der Waals surface area (Å²) in [5.74, 6) is 0. The van der Waals surface area contributed by atoms with Crippen molar-refractivity contribution in [1.29, 1.82) is 0 Å². The predicted molar refractivity (Wildman–Crippen MR) is 40.3 cm³/mol. The van der Waals surface area contributed by atoms with E-state index in [2.05, 4.69) is 19.6 Å². The Hall–Kier alpha value is 0.270. The van der Waals surface area contributed by atoms with E-state index in [1.807, 2.05) is 19.0 Å². The maximum absolute atomic E-state index is 5.36. The molecule has 2 unspecified atom stereocenters. The van der Waals surface area contributed by atoms with Gasteiger partial charge in [0.25, 0.3) is 0 Å². The van der Waals surface area contributed by atoms with Crippen molar-refractivity contribution >= 4 is 12.6 Å². The second-order valence-corrected chi connectivity index (χ2v) is 3.81. The Morgan fingerprint density at radius 3 is 2.44 bits per heavy atom. The van der Waals surface area contributed by atoms with E-state index >= 15 is 0 Å². The first-order chi connectivity index (χ1) is 4.01. The minimum atomic E-state index is -0.242. The van der Waals surface area contributed by atoms with Crippen LogP contribution >= 0.6 is 12.6 Å². The Labute approximate surface area is 61.5 Å². The molecular formula is C6H13NOS. The first kappa shape index (κ1) is 7.38. The molecule has 0 aliphatic carbocycles. The normalized spacial score (nSPS) is 46.0. The van der Waals surface area contributed by atoms with Gasteiger partial charge in [-0.2, -0.15) is 5.06 Å². The maximum Gasteiger partial charge on any atom is 0.131 e. The number of nitrogens with zero attached hydrogens (tertiary/aromatic N) is 1. The van der Waals surface area contributed by atoms with E-state index in [-0.39, 0.29) is 4.93 Å². The molecule has 9 heavy (non-hydrogen) atoms. The summed E-state index contributed by atoms with van der Waals surface area (Å²) in [4.78, 5) is 5.12. The minimum Gasteiger partial charge on any atom is -0.282 e. The van der Waals surface area contributed by atoms with E-state index in [0.29, 0.717) is 6.04 Å². The van der Waals surface area contributed by atoms with Crippen LogP contribution in [0.2, 0.25) is 0 Å². The molecule has 0 spiro atoms. The van der Waals surface area contributed by atoms with Crippen LogP contribution in [0.4, 0.5) is 0 Å². The number of hydrogen-bond acceptors (Lipinski definition) is 3. The SMILES string of the molecule is CC1CC(C)(S)ON1C. The number of hydrogen-bond donors (Lipinski definition) is 1. The summed E-state index contributed by atoms with van der Waals surface area (Å²) in [6, 6.07) is 0.493. The molecule has 1 rings (SSSR count). The summed E-state index contributed by atoms with van der Waals surface area (Å²) < 4.78 is 0. The van der Waals surface area contributed by atoms with Crippen LogP contribution in [0.25, 0.3) is 0 Å². The fourth-order valence-electron chi connectivity index (χ4n) is 1.11. The van der Waals surface area contributed by atoms with Crippen molar-refractivity contribution in [3.8, 4) is 0 Å². The van der Waals surface area contributed by atoms with Gasteiger partial charge < -0.3 is 0 Å². The van der Waals surface area contributed by atoms with Gasteiger partial charge in [0.15, 0.2) is 0 Å². The molecule has 0 radical (unpaired) electrons. The molecule has 0 aromatic rings. The number of rotatable bonds is 0. The van der Waals surface area contributed by atoms with Gasteiger partial charge in [-0.25, -0.2) is 0 Å². The summed E-state index contributed by atoms with van der Waals surface area (Å²) >= 11 is 4.30. The zero-order chi connectivity index (χ0) is 7.07. The highest BCUT2D eigenvalue weighted by molar-refractivity contribution is 7.81. The highest BCUT2D eigenvalue weighted by atomic mass is 32.1. The molecule has 0 N–H and O–H groups in total. The molecule has 0 amide bonds. The number of hydroxylamine groups is 2. The monoisotopic (exact) mass is 147 g/mol. The molecule has 1 aliphatic rings. The van der Waals surface area contributed by atoms with Gasteiger partial charge in [-0.05, 0) is 13.8 Å². The summed E-state index contributed by atoms with van der Waals surface area (Å²) in [5, 5.41) is 1.85. The highest BCUT2D eigenvalue weighted by Crippen LogP contribution is 2.31. The van der Waals surface area contributed by atoms with E-state index in [0.717, 1.165) is 6.42 Å². The van der Waals surface area contributed by atoms with E-state index < -0.39 is 0 Å². The van der Waals surface area contributed by atoms with Crippen molar-refractivity contribution in [3.63, 3.8) is 0 Å². The van der Waals surface area contributed by atoms with Gasteiger partial charge in [0.05, 0.1) is 0 Å². The van der Waals surface area contributed by atoms with Crippen LogP contribution in [0.1, 0.15) is 20.3 Å². The summed E-state index contributed by atoms with van der Waals surface area (Å²) in [6.07, 6.45) is 0.993. The average molecular weight is 147 g/mol. The molecule has 2 nitrogen and oxygen atoms in total. The molecule has 1 saturated heterocycles. The van der Waals surface area contributed by atoms with E-state index in [1.165, 1.54) is 0 Å².